The SMILES string of the molecule is CCOC(=O)C1=C(C)N=c2s/c(=C/c3ccc(-c4ccccc4C(=O)[O-])o3)c(=O)n2[C@H]1c1ccc2c(c1)OCO2. The summed E-state index contributed by atoms with van der Waals surface area (Å²) in [6.07, 6.45) is 1.56. The molecular formula is C29H21N2O8S-. The Morgan fingerprint density at radius 2 is 1.95 bits per heavy atom. The van der Waals surface area contributed by atoms with Crippen LogP contribution in [0.1, 0.15) is 41.6 Å². The molecule has 6 rings (SSSR count). The summed E-state index contributed by atoms with van der Waals surface area (Å²) in [6, 6.07) is 14.1. The number of rotatable bonds is 6. The minimum Gasteiger partial charge on any atom is -0.545 e. The molecule has 0 saturated carbocycles. The molecular weight excluding hydrogens is 536 g/mol. The maximum atomic E-state index is 13.8. The molecule has 0 N–H and O–H groups in total. The van der Waals surface area contributed by atoms with Crippen molar-refractivity contribution < 1.29 is 33.3 Å². The van der Waals surface area contributed by atoms with E-state index >= 15 is 0 Å². The quantitative estimate of drug-likeness (QED) is 0.330. The average Bonchev–Trinajstić information content (AvgIpc) is 3.67. The number of benzene rings is 2. The molecule has 0 fully saturated rings. The summed E-state index contributed by atoms with van der Waals surface area (Å²) in [4.78, 5) is 43.4. The lowest BCUT2D eigenvalue weighted by Crippen LogP contribution is -2.39. The third-order valence-corrected chi connectivity index (χ3v) is 7.52. The number of allylic oxidation sites excluding steroid dienone is 1. The molecule has 0 aliphatic carbocycles. The highest BCUT2D eigenvalue weighted by atomic mass is 32.1. The van der Waals surface area contributed by atoms with Crippen molar-refractivity contribution in [2.45, 2.75) is 19.9 Å². The normalized spacial score (nSPS) is 16.1. The Bertz CT molecular complexity index is 1890. The van der Waals surface area contributed by atoms with Crippen molar-refractivity contribution in [1.82, 2.24) is 4.57 Å². The zero-order valence-corrected chi connectivity index (χ0v) is 22.2. The molecule has 2 aliphatic rings. The van der Waals surface area contributed by atoms with Crippen LogP contribution in [0.3, 0.4) is 0 Å². The van der Waals surface area contributed by atoms with E-state index < -0.39 is 18.0 Å². The molecule has 0 bridgehead atoms. The first kappa shape index (κ1) is 25.4. The third-order valence-electron chi connectivity index (χ3n) is 6.54. The lowest BCUT2D eigenvalue weighted by Gasteiger charge is -2.24. The van der Waals surface area contributed by atoms with Gasteiger partial charge in [0, 0.05) is 17.2 Å². The predicted octanol–water partition coefficient (Wildman–Crippen LogP) is 2.15. The average molecular weight is 558 g/mol. The standard InChI is InChI=1S/C29H22N2O8S/c1-3-36-28(35)24-15(2)30-29-31(25(24)16-8-10-21-22(12-16)38-14-37-21)26(32)23(40-29)13-17-9-11-20(39-17)18-6-4-5-7-19(18)27(33)34/h4-13,25H,3,14H2,1-2H3,(H,33,34)/p-1/b23-13+/t25-/m0/s1. The van der Waals surface area contributed by atoms with E-state index in [0.29, 0.717) is 49.2 Å². The first-order chi connectivity index (χ1) is 19.4. The van der Waals surface area contributed by atoms with E-state index in [0.717, 1.165) is 11.3 Å². The summed E-state index contributed by atoms with van der Waals surface area (Å²) < 4.78 is 24.0. The Balaban J connectivity index is 1.48. The molecule has 2 aromatic carbocycles. The summed E-state index contributed by atoms with van der Waals surface area (Å²) >= 11 is 1.15. The van der Waals surface area contributed by atoms with Gasteiger partial charge >= 0.3 is 5.97 Å². The van der Waals surface area contributed by atoms with Gasteiger partial charge in [-0.3, -0.25) is 9.36 Å². The van der Waals surface area contributed by atoms with Crippen LogP contribution in [0.15, 0.2) is 80.1 Å². The van der Waals surface area contributed by atoms with Gasteiger partial charge in [0.15, 0.2) is 16.3 Å². The molecule has 40 heavy (non-hydrogen) atoms. The zero-order valence-electron chi connectivity index (χ0n) is 21.3. The number of hydrogen-bond acceptors (Lipinski definition) is 10. The van der Waals surface area contributed by atoms with Gasteiger partial charge in [0.25, 0.3) is 5.56 Å². The van der Waals surface area contributed by atoms with Crippen molar-refractivity contribution >= 4 is 29.4 Å². The van der Waals surface area contributed by atoms with Crippen LogP contribution in [0.5, 0.6) is 11.5 Å². The summed E-state index contributed by atoms with van der Waals surface area (Å²) in [5, 5.41) is 11.5. The summed E-state index contributed by atoms with van der Waals surface area (Å²) in [6.45, 7) is 3.66. The number of furan rings is 1. The lowest BCUT2D eigenvalue weighted by atomic mass is 9.95. The number of carbonyl (C=O) groups is 2. The van der Waals surface area contributed by atoms with Crippen LogP contribution in [0, 0.1) is 0 Å². The molecule has 4 heterocycles. The van der Waals surface area contributed by atoms with Crippen molar-refractivity contribution in [2.75, 3.05) is 13.4 Å². The van der Waals surface area contributed by atoms with E-state index in [4.69, 9.17) is 18.6 Å². The van der Waals surface area contributed by atoms with Gasteiger partial charge in [-0.05, 0) is 43.7 Å². The predicted molar refractivity (Wildman–Crippen MR) is 141 cm³/mol. The minimum atomic E-state index is -1.32. The molecule has 0 spiro atoms. The first-order valence-electron chi connectivity index (χ1n) is 12.4. The van der Waals surface area contributed by atoms with Crippen molar-refractivity contribution in [3.8, 4) is 22.8 Å². The van der Waals surface area contributed by atoms with Gasteiger partial charge in [-0.2, -0.15) is 0 Å². The van der Waals surface area contributed by atoms with Crippen molar-refractivity contribution in [1.29, 1.82) is 0 Å². The number of carboxylic acid groups (broad SMARTS) is 1. The molecule has 0 unspecified atom stereocenters. The summed E-state index contributed by atoms with van der Waals surface area (Å²) in [5.41, 5.74) is 1.30. The topological polar surface area (TPSA) is 132 Å². The van der Waals surface area contributed by atoms with Crippen LogP contribution < -0.4 is 29.5 Å². The Hall–Kier alpha value is -4.90. The highest BCUT2D eigenvalue weighted by molar-refractivity contribution is 7.07. The Kier molecular flexibility index (Phi) is 6.35. The van der Waals surface area contributed by atoms with Crippen LogP contribution in [0.25, 0.3) is 17.4 Å². The fraction of sp³-hybridized carbons (Fsp3) is 0.172. The minimum absolute atomic E-state index is 0.00605. The Morgan fingerprint density at radius 1 is 1.15 bits per heavy atom. The van der Waals surface area contributed by atoms with Crippen LogP contribution >= 0.6 is 11.3 Å². The van der Waals surface area contributed by atoms with E-state index in [1.165, 1.54) is 10.6 Å². The number of nitrogens with zero attached hydrogens (tertiary/aromatic N) is 2. The second kappa shape index (κ2) is 10.0. The molecule has 11 heteroatoms. The van der Waals surface area contributed by atoms with Gasteiger partial charge in [0.1, 0.15) is 11.5 Å². The number of carbonyl (C=O) groups excluding carboxylic acids is 2. The van der Waals surface area contributed by atoms with Gasteiger partial charge in [-0.25, -0.2) is 9.79 Å². The van der Waals surface area contributed by atoms with Crippen LogP contribution in [-0.4, -0.2) is 29.9 Å². The lowest BCUT2D eigenvalue weighted by molar-refractivity contribution is -0.255. The van der Waals surface area contributed by atoms with E-state index in [-0.39, 0.29) is 30.1 Å². The summed E-state index contributed by atoms with van der Waals surface area (Å²) in [7, 11) is 0. The van der Waals surface area contributed by atoms with E-state index in [9.17, 15) is 19.5 Å². The Morgan fingerprint density at radius 3 is 2.75 bits per heavy atom. The molecule has 1 atom stereocenters. The van der Waals surface area contributed by atoms with E-state index in [1.54, 1.807) is 68.5 Å². The zero-order chi connectivity index (χ0) is 28.0. The molecule has 2 aromatic heterocycles. The highest BCUT2D eigenvalue weighted by Gasteiger charge is 2.34. The largest absolute Gasteiger partial charge is 0.545 e. The van der Waals surface area contributed by atoms with E-state index in [1.807, 2.05) is 0 Å². The van der Waals surface area contributed by atoms with Gasteiger partial charge in [0.2, 0.25) is 6.79 Å². The number of carboxylic acids is 1. The van der Waals surface area contributed by atoms with Crippen LogP contribution in [-0.2, 0) is 9.53 Å². The smallest absolute Gasteiger partial charge is 0.338 e. The fourth-order valence-corrected chi connectivity index (χ4v) is 5.80. The van der Waals surface area contributed by atoms with Crippen LogP contribution in [0.2, 0.25) is 0 Å². The number of hydrogen-bond donors (Lipinski definition) is 0. The highest BCUT2D eigenvalue weighted by Crippen LogP contribution is 2.38. The number of fused-ring (bicyclic) bond motifs is 2. The van der Waals surface area contributed by atoms with E-state index in [2.05, 4.69) is 4.99 Å². The molecule has 0 saturated heterocycles. The van der Waals surface area contributed by atoms with Gasteiger partial charge in [-0.15, -0.1) is 0 Å². The van der Waals surface area contributed by atoms with Gasteiger partial charge in [0.05, 0.1) is 34.4 Å². The molecule has 10 nitrogen and oxygen atoms in total. The number of thiazole rings is 1. The van der Waals surface area contributed by atoms with Gasteiger partial charge in [-0.1, -0.05) is 41.7 Å². The Labute approximate surface area is 230 Å². The first-order valence-corrected chi connectivity index (χ1v) is 13.2. The maximum absolute atomic E-state index is 13.8. The summed E-state index contributed by atoms with van der Waals surface area (Å²) in [5.74, 6) is -0.145. The molecule has 202 valence electrons. The molecule has 0 radical (unpaired) electrons. The molecule has 4 aromatic rings. The second-order valence-electron chi connectivity index (χ2n) is 8.95. The number of ether oxygens (including phenoxy) is 3. The monoisotopic (exact) mass is 557 g/mol. The third kappa shape index (κ3) is 4.30. The molecule has 2 aliphatic heterocycles. The van der Waals surface area contributed by atoms with Crippen molar-refractivity contribution in [3.63, 3.8) is 0 Å². The number of aromatic carboxylic acids is 1. The van der Waals surface area contributed by atoms with Crippen molar-refractivity contribution in [2.24, 2.45) is 4.99 Å². The van der Waals surface area contributed by atoms with Crippen LogP contribution in [0.4, 0.5) is 0 Å². The fourth-order valence-electron chi connectivity index (χ4n) is 4.77. The van der Waals surface area contributed by atoms with Crippen molar-refractivity contribution in [3.05, 3.63) is 102 Å². The molecule has 0 amide bonds. The maximum Gasteiger partial charge on any atom is 0.338 e. The second-order valence-corrected chi connectivity index (χ2v) is 9.96. The number of esters is 1. The van der Waals surface area contributed by atoms with Gasteiger partial charge < -0.3 is 28.5 Å². The number of aromatic nitrogens is 1.